The van der Waals surface area contributed by atoms with Crippen LogP contribution in [0.1, 0.15) is 128 Å². The average Bonchev–Trinajstić information content (AvgIpc) is 3.79. The van der Waals surface area contributed by atoms with Crippen LogP contribution in [0, 0.1) is 0 Å². The molecular formula is C71H65B2N3. The lowest BCUT2D eigenvalue weighted by atomic mass is 9.31. The molecule has 0 N–H and O–H groups in total. The molecule has 0 fully saturated rings. The molecule has 370 valence electrons. The number of anilines is 3. The molecule has 0 saturated carbocycles. The normalized spacial score (nSPS) is 15.4. The molecule has 0 saturated heterocycles. The number of aromatic nitrogens is 2. The summed E-state index contributed by atoms with van der Waals surface area (Å²) in [6.45, 7) is 28.1. The van der Waals surface area contributed by atoms with Crippen LogP contribution >= 0.6 is 0 Å². The van der Waals surface area contributed by atoms with Gasteiger partial charge in [0.2, 0.25) is 6.71 Å². The second-order valence-electron chi connectivity index (χ2n) is 26.9. The van der Waals surface area contributed by atoms with Gasteiger partial charge >= 0.3 is 0 Å². The molecular weight excluding hydrogens is 916 g/mol. The third-order valence-electron chi connectivity index (χ3n) is 18.3. The van der Waals surface area contributed by atoms with Crippen molar-refractivity contribution < 1.29 is 0 Å². The zero-order valence-electron chi connectivity index (χ0n) is 46.2. The lowest BCUT2D eigenvalue weighted by Gasteiger charge is -2.40. The van der Waals surface area contributed by atoms with E-state index < -0.39 is 0 Å². The summed E-state index contributed by atoms with van der Waals surface area (Å²) in [4.78, 5) is 2.58. The summed E-state index contributed by atoms with van der Waals surface area (Å²) < 4.78 is 5.37. The van der Waals surface area contributed by atoms with Crippen LogP contribution in [-0.2, 0) is 21.7 Å². The number of fused-ring (bicyclic) bond motifs is 16. The van der Waals surface area contributed by atoms with Crippen LogP contribution in [-0.4, -0.2) is 22.6 Å². The van der Waals surface area contributed by atoms with Crippen molar-refractivity contribution in [1.82, 2.24) is 9.13 Å². The molecule has 76 heavy (non-hydrogen) atoms. The number of hydrogen-bond acceptors (Lipinski definition) is 1. The fourth-order valence-corrected chi connectivity index (χ4v) is 14.4. The zero-order valence-corrected chi connectivity index (χ0v) is 46.2. The van der Waals surface area contributed by atoms with E-state index in [4.69, 9.17) is 0 Å². The van der Waals surface area contributed by atoms with Crippen LogP contribution in [0.4, 0.5) is 17.1 Å². The molecule has 11 aromatic rings. The molecule has 4 aliphatic rings. The Balaban J connectivity index is 1.08. The molecule has 15 rings (SSSR count). The average molecular weight is 982 g/mol. The van der Waals surface area contributed by atoms with Gasteiger partial charge < -0.3 is 14.0 Å². The van der Waals surface area contributed by atoms with Crippen LogP contribution < -0.4 is 37.7 Å². The van der Waals surface area contributed by atoms with Gasteiger partial charge in [0.15, 0.2) is 0 Å². The van der Waals surface area contributed by atoms with Gasteiger partial charge in [-0.3, -0.25) is 0 Å². The lowest BCUT2D eigenvalue weighted by molar-refractivity contribution is 0.589. The molecule has 5 heteroatoms. The Labute approximate surface area is 449 Å². The molecule has 1 atom stereocenters. The van der Waals surface area contributed by atoms with Crippen LogP contribution in [0.2, 0.25) is 0 Å². The van der Waals surface area contributed by atoms with E-state index in [0.29, 0.717) is 0 Å². The number of benzene rings is 9. The maximum atomic E-state index is 2.71. The molecule has 9 aromatic carbocycles. The van der Waals surface area contributed by atoms with E-state index >= 15 is 0 Å². The van der Waals surface area contributed by atoms with Gasteiger partial charge in [-0.2, -0.15) is 0 Å². The van der Waals surface area contributed by atoms with Crippen molar-refractivity contribution in [3.63, 3.8) is 0 Å². The van der Waals surface area contributed by atoms with Gasteiger partial charge in [-0.1, -0.05) is 216 Å². The Kier molecular flexibility index (Phi) is 9.13. The van der Waals surface area contributed by atoms with E-state index in [1.807, 2.05) is 0 Å². The van der Waals surface area contributed by atoms with E-state index in [1.54, 1.807) is 0 Å². The summed E-state index contributed by atoms with van der Waals surface area (Å²) in [6.07, 6.45) is 0. The highest BCUT2D eigenvalue weighted by atomic mass is 15.2. The highest BCUT2D eigenvalue weighted by Gasteiger charge is 2.46. The van der Waals surface area contributed by atoms with Gasteiger partial charge in [-0.15, -0.1) is 0 Å². The third-order valence-corrected chi connectivity index (χ3v) is 18.3. The molecule has 0 aliphatic carbocycles. The minimum absolute atomic E-state index is 0.0220. The smallest absolute Gasteiger partial charge is 0.252 e. The highest BCUT2D eigenvalue weighted by Crippen LogP contribution is 2.48. The highest BCUT2D eigenvalue weighted by molar-refractivity contribution is 7.01. The molecule has 0 bridgehead atoms. The SMILES string of the molecule is CC(C)(C)c1ccc(C2c3ccc(C(C)(C)C)cc3B3c4c2cccc4-n2c4ccccc4c4c2c3cc2c3ccc5c6c3n(c24)-c2ccccc2B6c2cc(C(C)(C)C)ccc2N5c2ccc(C(C)(C)C)cc2)cc1. The Bertz CT molecular complexity index is 4330. The van der Waals surface area contributed by atoms with Crippen LogP contribution in [0.3, 0.4) is 0 Å². The first-order chi connectivity index (χ1) is 36.3. The number of nitrogens with zero attached hydrogens (tertiary/aromatic N) is 3. The van der Waals surface area contributed by atoms with Crippen molar-refractivity contribution in [3.05, 3.63) is 209 Å². The van der Waals surface area contributed by atoms with Gasteiger partial charge in [0, 0.05) is 55.9 Å². The first kappa shape index (κ1) is 45.9. The fourth-order valence-electron chi connectivity index (χ4n) is 14.4. The first-order valence-corrected chi connectivity index (χ1v) is 27.9. The van der Waals surface area contributed by atoms with Gasteiger partial charge in [-0.05, 0) is 130 Å². The summed E-state index contributed by atoms with van der Waals surface area (Å²) in [5, 5.41) is 5.28. The maximum Gasteiger partial charge on any atom is 0.252 e. The molecule has 0 spiro atoms. The summed E-state index contributed by atoms with van der Waals surface area (Å²) in [5.41, 5.74) is 29.6. The lowest BCUT2D eigenvalue weighted by Crippen LogP contribution is -2.61. The predicted molar refractivity (Wildman–Crippen MR) is 328 cm³/mol. The molecule has 3 nitrogen and oxygen atoms in total. The van der Waals surface area contributed by atoms with Crippen molar-refractivity contribution in [2.24, 2.45) is 0 Å². The Morgan fingerprint density at radius 3 is 1.66 bits per heavy atom. The summed E-state index contributed by atoms with van der Waals surface area (Å²) in [6, 6.07) is 67.3. The molecule has 6 heterocycles. The second kappa shape index (κ2) is 15.1. The number of rotatable bonds is 2. The largest absolute Gasteiger partial charge is 0.311 e. The fraction of sp³-hybridized carbons (Fsp3) is 0.239. The molecule has 0 radical (unpaired) electrons. The van der Waals surface area contributed by atoms with Crippen LogP contribution in [0.25, 0.3) is 55.0 Å². The molecule has 4 aliphatic heterocycles. The van der Waals surface area contributed by atoms with Gasteiger partial charge in [0.05, 0.1) is 22.1 Å². The Morgan fingerprint density at radius 1 is 0.355 bits per heavy atom. The van der Waals surface area contributed by atoms with E-state index in [1.165, 1.54) is 144 Å². The van der Waals surface area contributed by atoms with Gasteiger partial charge in [0.1, 0.15) is 0 Å². The molecule has 1 unspecified atom stereocenters. The number of para-hydroxylation sites is 2. The van der Waals surface area contributed by atoms with Gasteiger partial charge in [-0.25, -0.2) is 0 Å². The maximum absolute atomic E-state index is 2.71. The molecule has 0 amide bonds. The van der Waals surface area contributed by atoms with Crippen LogP contribution in [0.15, 0.2) is 170 Å². The Morgan fingerprint density at radius 2 is 0.947 bits per heavy atom. The first-order valence-electron chi connectivity index (χ1n) is 27.9. The van der Waals surface area contributed by atoms with Crippen molar-refractivity contribution in [2.45, 2.75) is 111 Å². The third kappa shape index (κ3) is 6.15. The predicted octanol–water partition coefficient (Wildman–Crippen LogP) is 14.0. The second-order valence-corrected chi connectivity index (χ2v) is 26.9. The van der Waals surface area contributed by atoms with E-state index in [2.05, 4.69) is 267 Å². The van der Waals surface area contributed by atoms with Crippen molar-refractivity contribution in [2.75, 3.05) is 4.90 Å². The topological polar surface area (TPSA) is 13.1 Å². The summed E-state index contributed by atoms with van der Waals surface area (Å²) in [7, 11) is 0. The number of hydrogen-bond donors (Lipinski definition) is 0. The van der Waals surface area contributed by atoms with Crippen molar-refractivity contribution in [1.29, 1.82) is 0 Å². The summed E-state index contributed by atoms with van der Waals surface area (Å²) >= 11 is 0. The minimum atomic E-state index is -0.0258. The zero-order chi connectivity index (χ0) is 52.3. The molecule has 2 aromatic heterocycles. The minimum Gasteiger partial charge on any atom is -0.311 e. The standard InChI is InChI=1S/C71H65B2N3/c1-68(2,3)42-26-24-41(25-27-42)61-48-34-30-44(70(7,8)9)38-53(48)73-55-40-51-47-35-37-60-64-66(47)76(65(51)62-49-18-13-15-21-56(49)75(67(55)62)59-23-17-19-50(61)63(59)73)57-22-16-14-20-52(57)72(64)54-39-45(71(10,11)12)31-36-58(54)74(60)46-32-28-43(29-33-46)69(4,5)6/h13-40,61H,1-12H3. The quantitative estimate of drug-likeness (QED) is 0.157. The summed E-state index contributed by atoms with van der Waals surface area (Å²) in [5.74, 6) is 0.0945. The van der Waals surface area contributed by atoms with Crippen molar-refractivity contribution >= 4 is 107 Å². The Hall–Kier alpha value is -7.49. The van der Waals surface area contributed by atoms with E-state index in [9.17, 15) is 0 Å². The van der Waals surface area contributed by atoms with Gasteiger partial charge in [0.25, 0.3) is 6.71 Å². The van der Waals surface area contributed by atoms with Crippen LogP contribution in [0.5, 0.6) is 0 Å². The van der Waals surface area contributed by atoms with Crippen molar-refractivity contribution in [3.8, 4) is 11.4 Å². The van der Waals surface area contributed by atoms with E-state index in [-0.39, 0.29) is 41.0 Å². The monoisotopic (exact) mass is 982 g/mol. The van der Waals surface area contributed by atoms with E-state index in [0.717, 1.165) is 0 Å².